The van der Waals surface area contributed by atoms with Gasteiger partial charge in [-0.2, -0.15) is 13.2 Å². The number of aromatic nitrogens is 1. The van der Waals surface area contributed by atoms with Gasteiger partial charge >= 0.3 is 6.18 Å². The molecule has 0 atom stereocenters. The summed E-state index contributed by atoms with van der Waals surface area (Å²) in [6, 6.07) is 4.26. The topological polar surface area (TPSA) is 55.1 Å². The largest absolute Gasteiger partial charge is 0.416 e. The monoisotopic (exact) mass is 334 g/mol. The summed E-state index contributed by atoms with van der Waals surface area (Å²) < 4.78 is 42.5. The molecule has 2 aromatic rings. The third-order valence-corrected chi connectivity index (χ3v) is 2.90. The maximum Gasteiger partial charge on any atom is 0.416 e. The van der Waals surface area contributed by atoms with Crippen LogP contribution < -0.4 is 5.32 Å². The van der Waals surface area contributed by atoms with E-state index in [1.165, 1.54) is 18.4 Å². The lowest BCUT2D eigenvalue weighted by atomic mass is 10.2. The molecule has 19 heavy (non-hydrogen) atoms. The summed E-state index contributed by atoms with van der Waals surface area (Å²) in [6.45, 7) is 0. The SMILES string of the molecule is O=C(Nc1cc(C(F)(F)F)ccc1Br)c1ccon1. The van der Waals surface area contributed by atoms with Crippen molar-refractivity contribution in [2.24, 2.45) is 0 Å². The molecule has 8 heteroatoms. The quantitative estimate of drug-likeness (QED) is 0.910. The highest BCUT2D eigenvalue weighted by molar-refractivity contribution is 9.10. The lowest BCUT2D eigenvalue weighted by molar-refractivity contribution is -0.137. The zero-order valence-electron chi connectivity index (χ0n) is 9.16. The number of alkyl halides is 3. The average molecular weight is 335 g/mol. The van der Waals surface area contributed by atoms with Gasteiger partial charge in [0.25, 0.3) is 5.91 Å². The van der Waals surface area contributed by atoms with E-state index in [-0.39, 0.29) is 11.4 Å². The number of carbonyl (C=O) groups excluding carboxylic acids is 1. The Balaban J connectivity index is 2.27. The van der Waals surface area contributed by atoms with Crippen LogP contribution >= 0.6 is 15.9 Å². The predicted molar refractivity (Wildman–Crippen MR) is 63.6 cm³/mol. The minimum Gasteiger partial charge on any atom is -0.364 e. The van der Waals surface area contributed by atoms with Crippen LogP contribution in [0.3, 0.4) is 0 Å². The summed E-state index contributed by atoms with van der Waals surface area (Å²) >= 11 is 3.06. The third-order valence-electron chi connectivity index (χ3n) is 2.21. The molecular weight excluding hydrogens is 329 g/mol. The zero-order valence-corrected chi connectivity index (χ0v) is 10.7. The van der Waals surface area contributed by atoms with E-state index >= 15 is 0 Å². The van der Waals surface area contributed by atoms with Crippen LogP contribution in [-0.4, -0.2) is 11.1 Å². The second-order valence-electron chi connectivity index (χ2n) is 3.53. The molecule has 2 rings (SSSR count). The third kappa shape index (κ3) is 3.14. The van der Waals surface area contributed by atoms with E-state index in [1.54, 1.807) is 0 Å². The summed E-state index contributed by atoms with van der Waals surface area (Å²) in [5.41, 5.74) is -0.877. The Bertz CT molecular complexity index is 596. The van der Waals surface area contributed by atoms with Gasteiger partial charge in [0.05, 0.1) is 11.3 Å². The van der Waals surface area contributed by atoms with Gasteiger partial charge in [0, 0.05) is 10.5 Å². The van der Waals surface area contributed by atoms with Crippen molar-refractivity contribution < 1.29 is 22.5 Å². The van der Waals surface area contributed by atoms with Crippen LogP contribution in [0.5, 0.6) is 0 Å². The van der Waals surface area contributed by atoms with Crippen molar-refractivity contribution >= 4 is 27.5 Å². The number of hydrogen-bond acceptors (Lipinski definition) is 3. The summed E-state index contributed by atoms with van der Waals surface area (Å²) in [4.78, 5) is 11.7. The first-order chi connectivity index (χ1) is 8.88. The molecule has 1 aromatic carbocycles. The second-order valence-corrected chi connectivity index (χ2v) is 4.39. The van der Waals surface area contributed by atoms with Crippen LogP contribution in [0.25, 0.3) is 0 Å². The van der Waals surface area contributed by atoms with Crippen LogP contribution in [-0.2, 0) is 6.18 Å². The number of carbonyl (C=O) groups is 1. The van der Waals surface area contributed by atoms with Crippen LogP contribution in [0, 0.1) is 0 Å². The van der Waals surface area contributed by atoms with E-state index in [0.29, 0.717) is 4.47 Å². The normalized spacial score (nSPS) is 11.4. The van der Waals surface area contributed by atoms with E-state index in [1.807, 2.05) is 0 Å². The average Bonchev–Trinajstić information content (AvgIpc) is 2.84. The van der Waals surface area contributed by atoms with Gasteiger partial charge in [-0.3, -0.25) is 4.79 Å². The molecule has 1 heterocycles. The molecule has 1 amide bonds. The predicted octanol–water partition coefficient (Wildman–Crippen LogP) is 3.71. The van der Waals surface area contributed by atoms with E-state index in [4.69, 9.17) is 0 Å². The Labute approximate surface area is 113 Å². The van der Waals surface area contributed by atoms with Crippen molar-refractivity contribution in [2.75, 3.05) is 5.32 Å². The molecule has 0 radical (unpaired) electrons. The molecule has 0 unspecified atom stereocenters. The number of hydrogen-bond donors (Lipinski definition) is 1. The van der Waals surface area contributed by atoms with Crippen molar-refractivity contribution in [3.63, 3.8) is 0 Å². The van der Waals surface area contributed by atoms with Gasteiger partial charge in [-0.1, -0.05) is 5.16 Å². The zero-order chi connectivity index (χ0) is 14.0. The van der Waals surface area contributed by atoms with Crippen molar-refractivity contribution in [3.05, 3.63) is 46.3 Å². The molecule has 0 aliphatic rings. The van der Waals surface area contributed by atoms with Gasteiger partial charge in [-0.25, -0.2) is 0 Å². The lowest BCUT2D eigenvalue weighted by Crippen LogP contribution is -2.14. The fraction of sp³-hybridized carbons (Fsp3) is 0.0909. The number of nitrogens with one attached hydrogen (secondary N) is 1. The molecule has 100 valence electrons. The number of nitrogens with zero attached hydrogens (tertiary/aromatic N) is 1. The van der Waals surface area contributed by atoms with Crippen LogP contribution in [0.4, 0.5) is 18.9 Å². The maximum absolute atomic E-state index is 12.6. The highest BCUT2D eigenvalue weighted by atomic mass is 79.9. The Morgan fingerprint density at radius 1 is 1.32 bits per heavy atom. The number of amides is 1. The maximum atomic E-state index is 12.6. The molecule has 0 saturated heterocycles. The Kier molecular flexibility index (Phi) is 3.61. The second kappa shape index (κ2) is 5.04. The fourth-order valence-corrected chi connectivity index (χ4v) is 1.66. The van der Waals surface area contributed by atoms with Gasteiger partial charge < -0.3 is 9.84 Å². The smallest absolute Gasteiger partial charge is 0.364 e. The molecule has 0 bridgehead atoms. The summed E-state index contributed by atoms with van der Waals surface area (Å²) in [5, 5.41) is 5.71. The molecule has 1 aromatic heterocycles. The van der Waals surface area contributed by atoms with E-state index in [9.17, 15) is 18.0 Å². The number of halogens is 4. The van der Waals surface area contributed by atoms with Crippen molar-refractivity contribution in [1.82, 2.24) is 5.16 Å². The van der Waals surface area contributed by atoms with Gasteiger partial charge in [-0.05, 0) is 34.1 Å². The van der Waals surface area contributed by atoms with Crippen LogP contribution in [0.1, 0.15) is 16.1 Å². The minimum absolute atomic E-state index is 0.00262. The highest BCUT2D eigenvalue weighted by Gasteiger charge is 2.31. The Morgan fingerprint density at radius 3 is 2.63 bits per heavy atom. The summed E-state index contributed by atoms with van der Waals surface area (Å²) in [7, 11) is 0. The van der Waals surface area contributed by atoms with Crippen molar-refractivity contribution in [1.29, 1.82) is 0 Å². The first kappa shape index (κ1) is 13.6. The molecule has 0 aliphatic carbocycles. The van der Waals surface area contributed by atoms with Crippen LogP contribution in [0.15, 0.2) is 39.5 Å². The fourth-order valence-electron chi connectivity index (χ4n) is 1.31. The minimum atomic E-state index is -4.48. The van der Waals surface area contributed by atoms with E-state index in [2.05, 4.69) is 30.9 Å². The Morgan fingerprint density at radius 2 is 2.05 bits per heavy atom. The van der Waals surface area contributed by atoms with Gasteiger partial charge in [0.2, 0.25) is 0 Å². The first-order valence-electron chi connectivity index (χ1n) is 4.96. The number of benzene rings is 1. The van der Waals surface area contributed by atoms with Gasteiger partial charge in [0.1, 0.15) is 6.26 Å². The number of anilines is 1. The molecule has 0 aliphatic heterocycles. The first-order valence-corrected chi connectivity index (χ1v) is 5.75. The van der Waals surface area contributed by atoms with E-state index < -0.39 is 17.6 Å². The van der Waals surface area contributed by atoms with Crippen LogP contribution in [0.2, 0.25) is 0 Å². The molecule has 0 spiro atoms. The molecule has 0 fully saturated rings. The standard InChI is InChI=1S/C11H6BrF3N2O2/c12-7-2-1-6(11(13,14)15)5-9(7)16-10(18)8-3-4-19-17-8/h1-5H,(H,16,18). The molecule has 1 N–H and O–H groups in total. The molecular formula is C11H6BrF3N2O2. The Hall–Kier alpha value is -1.83. The summed E-state index contributed by atoms with van der Waals surface area (Å²) in [5.74, 6) is -0.659. The van der Waals surface area contributed by atoms with Crippen molar-refractivity contribution in [3.8, 4) is 0 Å². The van der Waals surface area contributed by atoms with Gasteiger partial charge in [0.15, 0.2) is 5.69 Å². The summed E-state index contributed by atoms with van der Waals surface area (Å²) in [6.07, 6.45) is -3.29. The van der Waals surface area contributed by atoms with E-state index in [0.717, 1.165) is 12.1 Å². The van der Waals surface area contributed by atoms with Gasteiger partial charge in [-0.15, -0.1) is 0 Å². The highest BCUT2D eigenvalue weighted by Crippen LogP contribution is 2.34. The number of rotatable bonds is 2. The van der Waals surface area contributed by atoms with Crippen molar-refractivity contribution in [2.45, 2.75) is 6.18 Å². The molecule has 4 nitrogen and oxygen atoms in total. The molecule has 0 saturated carbocycles. The lowest BCUT2D eigenvalue weighted by Gasteiger charge is -2.11.